The second-order valence-corrected chi connectivity index (χ2v) is 3.71. The SMILES string of the molecule is CCC(Nc1cccnc1N(C)C)C(=O)O. The Hall–Kier alpha value is -1.78. The Balaban J connectivity index is 2.91. The van der Waals surface area contributed by atoms with Gasteiger partial charge in [-0.1, -0.05) is 6.92 Å². The number of carboxylic acid groups (broad SMARTS) is 1. The Morgan fingerprint density at radius 3 is 2.81 bits per heavy atom. The van der Waals surface area contributed by atoms with Crippen LogP contribution in [0.1, 0.15) is 13.3 Å². The van der Waals surface area contributed by atoms with Crippen molar-refractivity contribution in [1.29, 1.82) is 0 Å². The summed E-state index contributed by atoms with van der Waals surface area (Å²) in [4.78, 5) is 17.0. The van der Waals surface area contributed by atoms with Gasteiger partial charge in [-0.15, -0.1) is 0 Å². The van der Waals surface area contributed by atoms with Crippen molar-refractivity contribution in [2.45, 2.75) is 19.4 Å². The molecular formula is C11H17N3O2. The first-order chi connectivity index (χ1) is 7.56. The molecule has 0 saturated heterocycles. The molecule has 0 fully saturated rings. The van der Waals surface area contributed by atoms with Crippen LogP contribution in [0.15, 0.2) is 18.3 Å². The van der Waals surface area contributed by atoms with E-state index in [1.54, 1.807) is 12.3 Å². The molecule has 1 rings (SSSR count). The third kappa shape index (κ3) is 2.85. The summed E-state index contributed by atoms with van der Waals surface area (Å²) >= 11 is 0. The molecule has 1 unspecified atom stereocenters. The maximum absolute atomic E-state index is 10.9. The monoisotopic (exact) mass is 223 g/mol. The molecule has 2 N–H and O–H groups in total. The highest BCUT2D eigenvalue weighted by Gasteiger charge is 2.16. The molecule has 0 bridgehead atoms. The average Bonchev–Trinajstić information content (AvgIpc) is 2.25. The molecular weight excluding hydrogens is 206 g/mol. The predicted molar refractivity (Wildman–Crippen MR) is 63.9 cm³/mol. The van der Waals surface area contributed by atoms with Gasteiger partial charge in [0.05, 0.1) is 5.69 Å². The molecule has 0 aliphatic rings. The highest BCUT2D eigenvalue weighted by molar-refractivity contribution is 5.79. The van der Waals surface area contributed by atoms with Crippen LogP contribution in [-0.4, -0.2) is 36.2 Å². The molecule has 5 nitrogen and oxygen atoms in total. The van der Waals surface area contributed by atoms with Crippen LogP contribution in [-0.2, 0) is 4.79 Å². The number of rotatable bonds is 5. The lowest BCUT2D eigenvalue weighted by atomic mass is 10.2. The van der Waals surface area contributed by atoms with Gasteiger partial charge in [0.25, 0.3) is 0 Å². The number of nitrogens with one attached hydrogen (secondary N) is 1. The molecule has 0 amide bonds. The molecule has 0 saturated carbocycles. The Morgan fingerprint density at radius 1 is 1.62 bits per heavy atom. The first-order valence-electron chi connectivity index (χ1n) is 5.18. The van der Waals surface area contributed by atoms with Crippen LogP contribution in [0.25, 0.3) is 0 Å². The molecule has 0 aromatic carbocycles. The van der Waals surface area contributed by atoms with E-state index in [0.29, 0.717) is 6.42 Å². The molecule has 0 aliphatic heterocycles. The number of aliphatic carboxylic acids is 1. The van der Waals surface area contributed by atoms with Gasteiger partial charge < -0.3 is 15.3 Å². The van der Waals surface area contributed by atoms with Gasteiger partial charge in [-0.2, -0.15) is 0 Å². The molecule has 0 spiro atoms. The minimum atomic E-state index is -0.851. The number of hydrogen-bond donors (Lipinski definition) is 2. The lowest BCUT2D eigenvalue weighted by Gasteiger charge is -2.19. The van der Waals surface area contributed by atoms with E-state index in [9.17, 15) is 4.79 Å². The van der Waals surface area contributed by atoms with E-state index in [1.807, 2.05) is 32.0 Å². The van der Waals surface area contributed by atoms with Crippen molar-refractivity contribution in [3.63, 3.8) is 0 Å². The van der Waals surface area contributed by atoms with Crippen LogP contribution < -0.4 is 10.2 Å². The Kier molecular flexibility index (Phi) is 4.10. The third-order valence-electron chi connectivity index (χ3n) is 2.25. The van der Waals surface area contributed by atoms with Crippen LogP contribution >= 0.6 is 0 Å². The van der Waals surface area contributed by atoms with Crippen molar-refractivity contribution in [1.82, 2.24) is 4.98 Å². The van der Waals surface area contributed by atoms with Crippen molar-refractivity contribution >= 4 is 17.5 Å². The van der Waals surface area contributed by atoms with Gasteiger partial charge in [0.2, 0.25) is 0 Å². The van der Waals surface area contributed by atoms with Crippen LogP contribution in [0.5, 0.6) is 0 Å². The summed E-state index contributed by atoms with van der Waals surface area (Å²) in [7, 11) is 3.74. The molecule has 1 heterocycles. The molecule has 0 aliphatic carbocycles. The number of anilines is 2. The zero-order valence-electron chi connectivity index (χ0n) is 9.77. The smallest absolute Gasteiger partial charge is 0.326 e. The number of nitrogens with zero attached hydrogens (tertiary/aromatic N) is 2. The van der Waals surface area contributed by atoms with Gasteiger partial charge in [-0.05, 0) is 18.6 Å². The third-order valence-corrected chi connectivity index (χ3v) is 2.25. The predicted octanol–water partition coefficient (Wildman–Crippen LogP) is 1.42. The van der Waals surface area contributed by atoms with Crippen LogP contribution in [0.2, 0.25) is 0 Å². The lowest BCUT2D eigenvalue weighted by molar-refractivity contribution is -0.137. The van der Waals surface area contributed by atoms with Crippen molar-refractivity contribution < 1.29 is 9.90 Å². The maximum Gasteiger partial charge on any atom is 0.326 e. The Morgan fingerprint density at radius 2 is 2.31 bits per heavy atom. The van der Waals surface area contributed by atoms with E-state index >= 15 is 0 Å². The summed E-state index contributed by atoms with van der Waals surface area (Å²) in [6, 6.07) is 3.03. The largest absolute Gasteiger partial charge is 0.480 e. The van der Waals surface area contributed by atoms with E-state index < -0.39 is 12.0 Å². The Bertz CT molecular complexity index is 366. The zero-order valence-corrected chi connectivity index (χ0v) is 9.77. The van der Waals surface area contributed by atoms with E-state index in [2.05, 4.69) is 10.3 Å². The minimum Gasteiger partial charge on any atom is -0.480 e. The highest BCUT2D eigenvalue weighted by atomic mass is 16.4. The Labute approximate surface area is 95.1 Å². The van der Waals surface area contributed by atoms with Crippen molar-refractivity contribution in [2.24, 2.45) is 0 Å². The van der Waals surface area contributed by atoms with Crippen molar-refractivity contribution in [3.05, 3.63) is 18.3 Å². The number of carboxylic acids is 1. The number of aromatic nitrogens is 1. The van der Waals surface area contributed by atoms with Gasteiger partial charge in [-0.3, -0.25) is 0 Å². The topological polar surface area (TPSA) is 65.5 Å². The number of hydrogen-bond acceptors (Lipinski definition) is 4. The second kappa shape index (κ2) is 5.34. The first kappa shape index (κ1) is 12.3. The van der Waals surface area contributed by atoms with Crippen LogP contribution in [0.3, 0.4) is 0 Å². The number of pyridine rings is 1. The van der Waals surface area contributed by atoms with Gasteiger partial charge in [0.1, 0.15) is 6.04 Å². The minimum absolute atomic E-state index is 0.525. The zero-order chi connectivity index (χ0) is 12.1. The first-order valence-corrected chi connectivity index (χ1v) is 5.18. The van der Waals surface area contributed by atoms with Gasteiger partial charge >= 0.3 is 5.97 Å². The van der Waals surface area contributed by atoms with Gasteiger partial charge in [-0.25, -0.2) is 9.78 Å². The van der Waals surface area contributed by atoms with Crippen LogP contribution in [0, 0.1) is 0 Å². The molecule has 5 heteroatoms. The molecule has 1 atom stereocenters. The molecule has 88 valence electrons. The molecule has 0 radical (unpaired) electrons. The fourth-order valence-electron chi connectivity index (χ4n) is 1.39. The number of carbonyl (C=O) groups is 1. The maximum atomic E-state index is 10.9. The molecule has 16 heavy (non-hydrogen) atoms. The fourth-order valence-corrected chi connectivity index (χ4v) is 1.39. The standard InChI is InChI=1S/C11H17N3O2/c1-4-8(11(15)16)13-9-6-5-7-12-10(9)14(2)3/h5-8,13H,4H2,1-3H3,(H,15,16). The molecule has 1 aromatic rings. The van der Waals surface area contributed by atoms with Crippen LogP contribution in [0.4, 0.5) is 11.5 Å². The lowest BCUT2D eigenvalue weighted by Crippen LogP contribution is -2.29. The normalized spacial score (nSPS) is 11.9. The summed E-state index contributed by atoms with van der Waals surface area (Å²) in [5.41, 5.74) is 0.738. The second-order valence-electron chi connectivity index (χ2n) is 3.71. The van der Waals surface area contributed by atoms with E-state index in [4.69, 9.17) is 5.11 Å². The van der Waals surface area contributed by atoms with Crippen molar-refractivity contribution in [3.8, 4) is 0 Å². The highest BCUT2D eigenvalue weighted by Crippen LogP contribution is 2.21. The quantitative estimate of drug-likeness (QED) is 0.790. The summed E-state index contributed by atoms with van der Waals surface area (Å²) < 4.78 is 0. The average molecular weight is 223 g/mol. The van der Waals surface area contributed by atoms with Gasteiger partial charge in [0, 0.05) is 20.3 Å². The summed E-state index contributed by atoms with van der Waals surface area (Å²) in [5, 5.41) is 11.9. The fraction of sp³-hybridized carbons (Fsp3) is 0.455. The summed E-state index contributed by atoms with van der Waals surface area (Å²) in [5.74, 6) is -0.113. The summed E-state index contributed by atoms with van der Waals surface area (Å²) in [6.45, 7) is 1.83. The van der Waals surface area contributed by atoms with E-state index in [0.717, 1.165) is 11.5 Å². The van der Waals surface area contributed by atoms with Crippen molar-refractivity contribution in [2.75, 3.05) is 24.3 Å². The van der Waals surface area contributed by atoms with Gasteiger partial charge in [0.15, 0.2) is 5.82 Å². The van der Waals surface area contributed by atoms with E-state index in [-0.39, 0.29) is 0 Å². The molecule has 1 aromatic heterocycles. The summed E-state index contributed by atoms with van der Waals surface area (Å²) in [6.07, 6.45) is 2.21. The van der Waals surface area contributed by atoms with E-state index in [1.165, 1.54) is 0 Å².